The van der Waals surface area contributed by atoms with Gasteiger partial charge in [-0.15, -0.1) is 0 Å². The highest BCUT2D eigenvalue weighted by Gasteiger charge is 2.33. The van der Waals surface area contributed by atoms with E-state index < -0.39 is 15.1 Å². The summed E-state index contributed by atoms with van der Waals surface area (Å²) in [5, 5.41) is 2.52. The van der Waals surface area contributed by atoms with E-state index >= 15 is 0 Å². The van der Waals surface area contributed by atoms with Crippen molar-refractivity contribution in [2.45, 2.75) is 24.0 Å². The summed E-state index contributed by atoms with van der Waals surface area (Å²) >= 11 is 0. The Hall–Kier alpha value is -1.56. The van der Waals surface area contributed by atoms with Gasteiger partial charge in [-0.3, -0.25) is 0 Å². The third kappa shape index (κ3) is 2.90. The van der Waals surface area contributed by atoms with Crippen LogP contribution in [0.4, 0.5) is 4.79 Å². The molecule has 2 amide bonds. The predicted octanol–water partition coefficient (Wildman–Crippen LogP) is 1.15. The van der Waals surface area contributed by atoms with Crippen molar-refractivity contribution in [1.82, 2.24) is 10.2 Å². The van der Waals surface area contributed by atoms with Crippen molar-refractivity contribution >= 4 is 15.9 Å². The Morgan fingerprint density at radius 1 is 1.38 bits per heavy atom. The van der Waals surface area contributed by atoms with E-state index in [0.717, 1.165) is 6.42 Å². The highest BCUT2D eigenvalue weighted by molar-refractivity contribution is 7.91. The van der Waals surface area contributed by atoms with Crippen LogP contribution in [0.15, 0.2) is 24.3 Å². The highest BCUT2D eigenvalue weighted by atomic mass is 32.2. The third-order valence-corrected chi connectivity index (χ3v) is 6.09. The number of hydrogen-bond acceptors (Lipinski definition) is 3. The minimum absolute atomic E-state index is 0.148. The van der Waals surface area contributed by atoms with Crippen LogP contribution in [0.5, 0.6) is 0 Å². The summed E-state index contributed by atoms with van der Waals surface area (Å²) in [5.41, 5.74) is 2.67. The zero-order chi connectivity index (χ0) is 15.0. The largest absolute Gasteiger partial charge is 0.337 e. The lowest BCUT2D eigenvalue weighted by Crippen LogP contribution is -2.42. The summed E-state index contributed by atoms with van der Waals surface area (Å²) in [4.78, 5) is 13.7. The summed E-state index contributed by atoms with van der Waals surface area (Å²) in [6, 6.07) is 8.12. The Kier molecular flexibility index (Phi) is 3.65. The molecule has 2 aliphatic rings. The molecule has 1 heterocycles. The first kappa shape index (κ1) is 14.4. The molecule has 1 aromatic rings. The molecule has 0 spiro atoms. The van der Waals surface area contributed by atoms with Gasteiger partial charge in [0.15, 0.2) is 9.84 Å². The average molecular weight is 308 g/mol. The summed E-state index contributed by atoms with van der Waals surface area (Å²) in [6.45, 7) is 1.45. The van der Waals surface area contributed by atoms with E-state index in [1.807, 2.05) is 12.1 Å². The molecule has 1 fully saturated rings. The maximum absolute atomic E-state index is 12.1. The van der Waals surface area contributed by atoms with Gasteiger partial charge in [0.2, 0.25) is 0 Å². The Bertz CT molecular complexity index is 657. The summed E-state index contributed by atoms with van der Waals surface area (Å²) < 4.78 is 23.0. The lowest BCUT2D eigenvalue weighted by Gasteiger charge is -2.30. The summed E-state index contributed by atoms with van der Waals surface area (Å²) in [7, 11) is -3.06. The standard InChI is InChI=1S/C15H20N2O3S/c1-21(19,20)13-6-7-17(10-13)15(18)16-9-12-8-11-4-2-3-5-14(11)12/h2-5,12-13H,6-10H2,1H3,(H,16,18)/t12-,13-/m0/s1. The third-order valence-electron chi connectivity index (χ3n) is 4.50. The second-order valence-corrected chi connectivity index (χ2v) is 8.30. The van der Waals surface area contributed by atoms with Crippen molar-refractivity contribution in [3.05, 3.63) is 35.4 Å². The number of likely N-dealkylation sites (tertiary alicyclic amines) is 1. The molecule has 1 aromatic carbocycles. The topological polar surface area (TPSA) is 66.5 Å². The zero-order valence-electron chi connectivity index (χ0n) is 12.1. The molecule has 3 rings (SSSR count). The lowest BCUT2D eigenvalue weighted by atomic mass is 9.78. The minimum atomic E-state index is -3.06. The fraction of sp³-hybridized carbons (Fsp3) is 0.533. The molecule has 1 saturated heterocycles. The van der Waals surface area contributed by atoms with Gasteiger partial charge in [-0.05, 0) is 24.0 Å². The smallest absolute Gasteiger partial charge is 0.317 e. The van der Waals surface area contributed by atoms with Gasteiger partial charge in [0.1, 0.15) is 0 Å². The molecule has 21 heavy (non-hydrogen) atoms. The Labute approximate surface area is 125 Å². The Balaban J connectivity index is 1.50. The van der Waals surface area contributed by atoms with E-state index in [0.29, 0.717) is 32.0 Å². The van der Waals surface area contributed by atoms with Crippen molar-refractivity contribution in [3.63, 3.8) is 0 Å². The predicted molar refractivity (Wildman–Crippen MR) is 81.1 cm³/mol. The van der Waals surface area contributed by atoms with Gasteiger partial charge in [-0.25, -0.2) is 13.2 Å². The molecule has 1 aliphatic heterocycles. The van der Waals surface area contributed by atoms with Crippen LogP contribution in [0.25, 0.3) is 0 Å². The Morgan fingerprint density at radius 2 is 2.14 bits per heavy atom. The summed E-state index contributed by atoms with van der Waals surface area (Å²) in [6.07, 6.45) is 2.78. The number of carbonyl (C=O) groups excluding carboxylic acids is 1. The number of hydrogen-bond donors (Lipinski definition) is 1. The lowest BCUT2D eigenvalue weighted by molar-refractivity contribution is 0.208. The molecule has 0 saturated carbocycles. The van der Waals surface area contributed by atoms with Gasteiger partial charge in [-0.2, -0.15) is 0 Å². The molecular formula is C15H20N2O3S. The number of nitrogens with zero attached hydrogens (tertiary/aromatic N) is 1. The average Bonchev–Trinajstić information content (AvgIpc) is 2.89. The SMILES string of the molecule is CS(=O)(=O)[C@H]1CCN(C(=O)NC[C@@H]2Cc3ccccc32)C1. The van der Waals surface area contributed by atoms with E-state index in [-0.39, 0.29) is 6.03 Å². The number of fused-ring (bicyclic) bond motifs is 1. The molecule has 0 unspecified atom stereocenters. The van der Waals surface area contributed by atoms with Crippen LogP contribution in [-0.4, -0.2) is 50.5 Å². The van der Waals surface area contributed by atoms with E-state index in [1.165, 1.54) is 17.4 Å². The van der Waals surface area contributed by atoms with Gasteiger partial charge in [0, 0.05) is 31.8 Å². The molecule has 5 nitrogen and oxygen atoms in total. The van der Waals surface area contributed by atoms with E-state index in [1.54, 1.807) is 4.90 Å². The van der Waals surface area contributed by atoms with Gasteiger partial charge in [-0.1, -0.05) is 24.3 Å². The maximum atomic E-state index is 12.1. The normalized spacial score (nSPS) is 24.3. The second-order valence-electron chi connectivity index (χ2n) is 5.97. The molecule has 0 bridgehead atoms. The van der Waals surface area contributed by atoms with Crippen molar-refractivity contribution in [2.75, 3.05) is 25.9 Å². The van der Waals surface area contributed by atoms with Crippen LogP contribution in [0.2, 0.25) is 0 Å². The fourth-order valence-corrected chi connectivity index (χ4v) is 4.11. The monoisotopic (exact) mass is 308 g/mol. The van der Waals surface area contributed by atoms with E-state index in [4.69, 9.17) is 0 Å². The number of sulfone groups is 1. The maximum Gasteiger partial charge on any atom is 0.317 e. The second kappa shape index (κ2) is 5.33. The van der Waals surface area contributed by atoms with Crippen LogP contribution in [0.3, 0.4) is 0 Å². The molecule has 1 aliphatic carbocycles. The quantitative estimate of drug-likeness (QED) is 0.911. The number of nitrogens with one attached hydrogen (secondary N) is 1. The molecule has 0 aromatic heterocycles. The van der Waals surface area contributed by atoms with Gasteiger partial charge >= 0.3 is 6.03 Å². The number of benzene rings is 1. The molecule has 0 radical (unpaired) electrons. The van der Waals surface area contributed by atoms with Gasteiger partial charge < -0.3 is 10.2 Å². The van der Waals surface area contributed by atoms with Crippen LogP contribution < -0.4 is 5.32 Å². The number of amides is 2. The van der Waals surface area contributed by atoms with Crippen LogP contribution in [0.1, 0.15) is 23.5 Å². The molecule has 2 atom stereocenters. The molecular weight excluding hydrogens is 288 g/mol. The zero-order valence-corrected chi connectivity index (χ0v) is 12.9. The number of urea groups is 1. The number of rotatable bonds is 3. The first-order valence-electron chi connectivity index (χ1n) is 7.24. The van der Waals surface area contributed by atoms with Crippen LogP contribution in [-0.2, 0) is 16.3 Å². The van der Waals surface area contributed by atoms with E-state index in [9.17, 15) is 13.2 Å². The van der Waals surface area contributed by atoms with E-state index in [2.05, 4.69) is 17.4 Å². The van der Waals surface area contributed by atoms with Crippen LogP contribution >= 0.6 is 0 Å². The van der Waals surface area contributed by atoms with Gasteiger partial charge in [0.25, 0.3) is 0 Å². The number of carbonyl (C=O) groups is 1. The van der Waals surface area contributed by atoms with Gasteiger partial charge in [0.05, 0.1) is 5.25 Å². The van der Waals surface area contributed by atoms with Crippen molar-refractivity contribution in [3.8, 4) is 0 Å². The minimum Gasteiger partial charge on any atom is -0.337 e. The summed E-state index contributed by atoms with van der Waals surface area (Å²) in [5.74, 6) is 0.387. The van der Waals surface area contributed by atoms with Crippen molar-refractivity contribution in [1.29, 1.82) is 0 Å². The van der Waals surface area contributed by atoms with Crippen molar-refractivity contribution < 1.29 is 13.2 Å². The molecule has 6 heteroatoms. The van der Waals surface area contributed by atoms with Crippen molar-refractivity contribution in [2.24, 2.45) is 0 Å². The first-order valence-corrected chi connectivity index (χ1v) is 9.20. The first-order chi connectivity index (χ1) is 9.95. The molecule has 114 valence electrons. The highest BCUT2D eigenvalue weighted by Crippen LogP contribution is 2.34. The Morgan fingerprint density at radius 3 is 2.81 bits per heavy atom. The molecule has 1 N–H and O–H groups in total. The fourth-order valence-electron chi connectivity index (χ4n) is 3.13. The van der Waals surface area contributed by atoms with Crippen LogP contribution in [0, 0.1) is 0 Å².